The number of rotatable bonds is 4. The largest absolute Gasteiger partial charge is 0.466 e. The Morgan fingerprint density at radius 2 is 1.81 bits per heavy atom. The third-order valence-electron chi connectivity index (χ3n) is 5.86. The summed E-state index contributed by atoms with van der Waals surface area (Å²) in [5.74, 6) is -1.34. The third-order valence-corrected chi connectivity index (χ3v) is 5.86. The van der Waals surface area contributed by atoms with E-state index in [9.17, 15) is 14.4 Å². The number of hydrogen-bond acceptors (Lipinski definition) is 5. The number of benzene rings is 1. The van der Waals surface area contributed by atoms with Crippen molar-refractivity contribution in [3.63, 3.8) is 0 Å². The molecule has 0 aromatic heterocycles. The Kier molecular flexibility index (Phi) is 5.51. The molecule has 7 nitrogen and oxygen atoms in total. The molecule has 2 aliphatic heterocycles. The zero-order valence-electron chi connectivity index (χ0n) is 16.0. The molecule has 1 spiro atoms. The molecule has 2 aliphatic rings. The van der Waals surface area contributed by atoms with Crippen LogP contribution in [0.4, 0.5) is 0 Å². The van der Waals surface area contributed by atoms with Crippen LogP contribution in [0.5, 0.6) is 0 Å². The van der Waals surface area contributed by atoms with Gasteiger partial charge >= 0.3 is 5.97 Å². The number of carbonyl (C=O) groups is 3. The van der Waals surface area contributed by atoms with Crippen molar-refractivity contribution in [1.29, 1.82) is 0 Å². The number of hydrogen-bond donors (Lipinski definition) is 0. The minimum absolute atomic E-state index is 0.0339. The maximum Gasteiger partial charge on any atom is 0.314 e. The molecule has 1 aromatic carbocycles. The zero-order valence-corrected chi connectivity index (χ0v) is 16.0. The smallest absolute Gasteiger partial charge is 0.314 e. The fourth-order valence-corrected chi connectivity index (χ4v) is 4.36. The summed E-state index contributed by atoms with van der Waals surface area (Å²) in [5.41, 5.74) is -0.0432. The number of piperidine rings is 1. The monoisotopic (exact) mass is 374 g/mol. The second-order valence-corrected chi connectivity index (χ2v) is 7.05. The number of likely N-dealkylation sites (tertiary alicyclic amines) is 2. The Balaban J connectivity index is 1.82. The van der Waals surface area contributed by atoms with Crippen molar-refractivity contribution >= 4 is 17.8 Å². The van der Waals surface area contributed by atoms with E-state index in [0.29, 0.717) is 31.5 Å². The fourth-order valence-electron chi connectivity index (χ4n) is 4.36. The van der Waals surface area contributed by atoms with E-state index in [-0.39, 0.29) is 18.4 Å². The number of methoxy groups -OCH3 is 1. The van der Waals surface area contributed by atoms with Crippen molar-refractivity contribution in [2.45, 2.75) is 31.4 Å². The summed E-state index contributed by atoms with van der Waals surface area (Å²) in [6, 6.07) is 9.13. The lowest BCUT2D eigenvalue weighted by Crippen LogP contribution is -2.57. The predicted molar refractivity (Wildman–Crippen MR) is 98.0 cm³/mol. The van der Waals surface area contributed by atoms with Crippen molar-refractivity contribution in [3.8, 4) is 0 Å². The molecule has 0 N–H and O–H groups in total. The van der Waals surface area contributed by atoms with Gasteiger partial charge in [0.25, 0.3) is 11.8 Å². The molecule has 0 aliphatic carbocycles. The van der Waals surface area contributed by atoms with Gasteiger partial charge in [-0.3, -0.25) is 14.4 Å². The molecule has 2 atom stereocenters. The lowest BCUT2D eigenvalue weighted by molar-refractivity contribution is -0.157. The van der Waals surface area contributed by atoms with Crippen LogP contribution in [0.25, 0.3) is 0 Å². The summed E-state index contributed by atoms with van der Waals surface area (Å²) < 4.78 is 10.6. The summed E-state index contributed by atoms with van der Waals surface area (Å²) >= 11 is 0. The van der Waals surface area contributed by atoms with Crippen molar-refractivity contribution in [3.05, 3.63) is 35.9 Å². The first kappa shape index (κ1) is 19.4. The second kappa shape index (κ2) is 7.68. The molecule has 27 heavy (non-hydrogen) atoms. The molecule has 3 rings (SSSR count). The van der Waals surface area contributed by atoms with E-state index in [1.807, 2.05) is 18.2 Å². The Labute approximate surface area is 159 Å². The number of amides is 2. The fraction of sp³-hybridized carbons (Fsp3) is 0.550. The highest BCUT2D eigenvalue weighted by molar-refractivity contribution is 5.95. The SMILES string of the molecule is CCOC(=O)[C@@H]1[C@@H](OC)C(=O)N(C)C12CCN(C(=O)c1ccccc1)CC2. The van der Waals surface area contributed by atoms with Crippen LogP contribution in [0.15, 0.2) is 30.3 Å². The van der Waals surface area contributed by atoms with Gasteiger partial charge < -0.3 is 19.3 Å². The van der Waals surface area contributed by atoms with Crippen LogP contribution >= 0.6 is 0 Å². The maximum atomic E-state index is 12.7. The molecule has 0 bridgehead atoms. The maximum absolute atomic E-state index is 12.7. The van der Waals surface area contributed by atoms with Gasteiger partial charge in [0.15, 0.2) is 6.10 Å². The van der Waals surface area contributed by atoms with Crippen LogP contribution in [-0.2, 0) is 19.1 Å². The standard InChI is InChI=1S/C20H26N2O5/c1-4-27-19(25)15-16(26-3)18(24)21(2)20(15)10-12-22(13-11-20)17(23)14-8-6-5-7-9-14/h5-9,15-16H,4,10-13H2,1-3H3/t15-,16+/m0/s1. The normalized spacial score (nSPS) is 24.3. The molecule has 0 unspecified atom stereocenters. The number of nitrogens with zero attached hydrogens (tertiary/aromatic N) is 2. The molecular weight excluding hydrogens is 348 g/mol. The van der Waals surface area contributed by atoms with Crippen LogP contribution in [0.2, 0.25) is 0 Å². The molecule has 2 fully saturated rings. The van der Waals surface area contributed by atoms with Crippen molar-refractivity contribution in [2.24, 2.45) is 5.92 Å². The van der Waals surface area contributed by atoms with E-state index >= 15 is 0 Å². The van der Waals surface area contributed by atoms with Crippen molar-refractivity contribution in [1.82, 2.24) is 9.80 Å². The summed E-state index contributed by atoms with van der Waals surface area (Å²) in [4.78, 5) is 41.5. The molecule has 0 saturated carbocycles. The first-order chi connectivity index (χ1) is 13.0. The number of likely N-dealkylation sites (N-methyl/N-ethyl adjacent to an activating group) is 1. The molecule has 2 saturated heterocycles. The molecule has 7 heteroatoms. The second-order valence-electron chi connectivity index (χ2n) is 7.05. The highest BCUT2D eigenvalue weighted by Crippen LogP contribution is 2.44. The molecule has 0 radical (unpaired) electrons. The van der Waals surface area contributed by atoms with Crippen LogP contribution in [0.3, 0.4) is 0 Å². The summed E-state index contributed by atoms with van der Waals surface area (Å²) in [5, 5.41) is 0. The van der Waals surface area contributed by atoms with Gasteiger partial charge in [0.2, 0.25) is 0 Å². The summed E-state index contributed by atoms with van der Waals surface area (Å²) in [7, 11) is 3.15. The van der Waals surface area contributed by atoms with Gasteiger partial charge in [0, 0.05) is 32.8 Å². The lowest BCUT2D eigenvalue weighted by Gasteiger charge is -2.45. The molecular formula is C20H26N2O5. The van der Waals surface area contributed by atoms with Crippen molar-refractivity contribution in [2.75, 3.05) is 33.9 Å². The Morgan fingerprint density at radius 3 is 2.37 bits per heavy atom. The first-order valence-electron chi connectivity index (χ1n) is 9.27. The van der Waals surface area contributed by atoms with Crippen molar-refractivity contribution < 1.29 is 23.9 Å². The van der Waals surface area contributed by atoms with E-state index in [4.69, 9.17) is 9.47 Å². The lowest BCUT2D eigenvalue weighted by atomic mass is 9.76. The minimum Gasteiger partial charge on any atom is -0.466 e. The van der Waals surface area contributed by atoms with E-state index in [0.717, 1.165) is 0 Å². The van der Waals surface area contributed by atoms with E-state index in [2.05, 4.69) is 0 Å². The zero-order chi connectivity index (χ0) is 19.6. The van der Waals surface area contributed by atoms with Gasteiger partial charge in [-0.15, -0.1) is 0 Å². The molecule has 2 heterocycles. The summed E-state index contributed by atoms with van der Waals surface area (Å²) in [6.07, 6.45) is 0.180. The first-order valence-corrected chi connectivity index (χ1v) is 9.27. The number of ether oxygens (including phenoxy) is 2. The average Bonchev–Trinajstić information content (AvgIpc) is 2.90. The van der Waals surface area contributed by atoms with Gasteiger partial charge in [-0.1, -0.05) is 18.2 Å². The third kappa shape index (κ3) is 3.20. The quantitative estimate of drug-likeness (QED) is 0.743. The minimum atomic E-state index is -0.842. The topological polar surface area (TPSA) is 76.2 Å². The van der Waals surface area contributed by atoms with E-state index in [1.165, 1.54) is 7.11 Å². The predicted octanol–water partition coefficient (Wildman–Crippen LogP) is 1.33. The van der Waals surface area contributed by atoms with Crippen LogP contribution in [0, 0.1) is 5.92 Å². The van der Waals surface area contributed by atoms with Gasteiger partial charge in [-0.25, -0.2) is 0 Å². The van der Waals surface area contributed by atoms with Gasteiger partial charge in [-0.2, -0.15) is 0 Å². The highest BCUT2D eigenvalue weighted by Gasteiger charge is 2.61. The van der Waals surface area contributed by atoms with E-state index < -0.39 is 23.5 Å². The van der Waals surface area contributed by atoms with E-state index in [1.54, 1.807) is 35.9 Å². The van der Waals surface area contributed by atoms with Crippen LogP contribution < -0.4 is 0 Å². The number of carbonyl (C=O) groups excluding carboxylic acids is 3. The molecule has 146 valence electrons. The Morgan fingerprint density at radius 1 is 1.19 bits per heavy atom. The highest BCUT2D eigenvalue weighted by atomic mass is 16.5. The Hall–Kier alpha value is -2.41. The van der Waals surface area contributed by atoms with Crippen LogP contribution in [-0.4, -0.2) is 73.1 Å². The molecule has 1 aromatic rings. The number of esters is 1. The van der Waals surface area contributed by atoms with Gasteiger partial charge in [0.05, 0.1) is 12.1 Å². The van der Waals surface area contributed by atoms with Crippen LogP contribution in [0.1, 0.15) is 30.1 Å². The Bertz CT molecular complexity index is 712. The summed E-state index contributed by atoms with van der Waals surface area (Å²) in [6.45, 7) is 2.93. The molecule has 2 amide bonds. The average molecular weight is 374 g/mol. The van der Waals surface area contributed by atoms with Gasteiger partial charge in [0.1, 0.15) is 5.92 Å². The van der Waals surface area contributed by atoms with Gasteiger partial charge in [-0.05, 0) is 31.9 Å².